The van der Waals surface area contributed by atoms with Gasteiger partial charge in [0.1, 0.15) is 11.6 Å². The molecule has 0 saturated carbocycles. The van der Waals surface area contributed by atoms with Crippen LogP contribution < -0.4 is 15.4 Å². The second-order valence-corrected chi connectivity index (χ2v) is 7.42. The lowest BCUT2D eigenvalue weighted by molar-refractivity contribution is -0.117. The number of nitrogens with one attached hydrogen (secondary N) is 2. The van der Waals surface area contributed by atoms with Gasteiger partial charge in [0.15, 0.2) is 0 Å². The molecule has 0 aromatic heterocycles. The normalized spacial score (nSPS) is 11.7. The molecule has 0 aliphatic rings. The van der Waals surface area contributed by atoms with E-state index >= 15 is 0 Å². The van der Waals surface area contributed by atoms with Gasteiger partial charge in [0.2, 0.25) is 11.8 Å². The third-order valence-corrected chi connectivity index (χ3v) is 4.93. The number of carbonyl (C=O) groups excluding carboxylic acids is 2. The van der Waals surface area contributed by atoms with Crippen LogP contribution in [0.3, 0.4) is 0 Å². The minimum Gasteiger partial charge on any atom is -0.495 e. The summed E-state index contributed by atoms with van der Waals surface area (Å²) in [5.41, 5.74) is 2.86. The number of halogens is 1. The Morgan fingerprint density at radius 2 is 1.62 bits per heavy atom. The maximum atomic E-state index is 13.5. The van der Waals surface area contributed by atoms with E-state index in [1.54, 1.807) is 30.3 Å². The number of amides is 2. The van der Waals surface area contributed by atoms with Crippen molar-refractivity contribution in [3.63, 3.8) is 0 Å². The predicted octanol–water partition coefficient (Wildman–Crippen LogP) is 4.45. The number of nitrogens with zero attached hydrogens (tertiary/aromatic N) is 1. The standard InChI is InChI=1S/C25H26FN3O3/c1-17(30)27-21-13-14-23(32-3)22(15-21)28-24(31)16-29(2)25(18-7-5-4-6-8-18)19-9-11-20(26)12-10-19/h4-15,25H,16H2,1-3H3,(H,27,30)(H,28,31)/t25-/m1/s1. The quantitative estimate of drug-likeness (QED) is 0.548. The second-order valence-electron chi connectivity index (χ2n) is 7.42. The van der Waals surface area contributed by atoms with Crippen molar-refractivity contribution in [2.24, 2.45) is 0 Å². The number of rotatable bonds is 8. The summed E-state index contributed by atoms with van der Waals surface area (Å²) in [5.74, 6) is -0.300. The molecular weight excluding hydrogens is 409 g/mol. The zero-order valence-electron chi connectivity index (χ0n) is 18.3. The number of ether oxygens (including phenoxy) is 1. The number of likely N-dealkylation sites (N-methyl/N-ethyl adjacent to an activating group) is 1. The van der Waals surface area contributed by atoms with Crippen LogP contribution >= 0.6 is 0 Å². The molecule has 6 nitrogen and oxygen atoms in total. The molecule has 0 saturated heterocycles. The van der Waals surface area contributed by atoms with Gasteiger partial charge in [0.05, 0.1) is 25.4 Å². The Hall–Kier alpha value is -3.71. The van der Waals surface area contributed by atoms with Gasteiger partial charge in [-0.2, -0.15) is 0 Å². The summed E-state index contributed by atoms with van der Waals surface area (Å²) < 4.78 is 18.8. The van der Waals surface area contributed by atoms with Crippen LogP contribution in [-0.4, -0.2) is 37.4 Å². The van der Waals surface area contributed by atoms with Crippen molar-refractivity contribution < 1.29 is 18.7 Å². The molecule has 0 aliphatic carbocycles. The number of hydrogen-bond donors (Lipinski definition) is 2. The van der Waals surface area contributed by atoms with Crippen LogP contribution in [0.25, 0.3) is 0 Å². The largest absolute Gasteiger partial charge is 0.495 e. The van der Waals surface area contributed by atoms with Crippen molar-refractivity contribution in [2.45, 2.75) is 13.0 Å². The summed E-state index contributed by atoms with van der Waals surface area (Å²) in [6.45, 7) is 1.49. The number of hydrogen-bond acceptors (Lipinski definition) is 4. The fourth-order valence-corrected chi connectivity index (χ4v) is 3.58. The molecular formula is C25H26FN3O3. The monoisotopic (exact) mass is 435 g/mol. The van der Waals surface area contributed by atoms with Crippen LogP contribution in [0.2, 0.25) is 0 Å². The zero-order valence-corrected chi connectivity index (χ0v) is 18.3. The highest BCUT2D eigenvalue weighted by Crippen LogP contribution is 2.30. The van der Waals surface area contributed by atoms with Crippen molar-refractivity contribution >= 4 is 23.2 Å². The highest BCUT2D eigenvalue weighted by Gasteiger charge is 2.22. The Balaban J connectivity index is 1.81. The van der Waals surface area contributed by atoms with Crippen LogP contribution in [0.4, 0.5) is 15.8 Å². The molecule has 3 rings (SSSR count). The van der Waals surface area contributed by atoms with Crippen LogP contribution in [0, 0.1) is 5.82 Å². The first-order valence-corrected chi connectivity index (χ1v) is 10.1. The maximum Gasteiger partial charge on any atom is 0.238 e. The first-order valence-electron chi connectivity index (χ1n) is 10.1. The third kappa shape index (κ3) is 5.92. The SMILES string of the molecule is COc1ccc(NC(C)=O)cc1NC(=O)CN(C)[C@H](c1ccccc1)c1ccc(F)cc1. The third-order valence-electron chi connectivity index (χ3n) is 4.93. The molecule has 0 unspecified atom stereocenters. The topological polar surface area (TPSA) is 70.7 Å². The minimum atomic E-state index is -0.313. The van der Waals surface area contributed by atoms with Gasteiger partial charge in [0, 0.05) is 12.6 Å². The fraction of sp³-hybridized carbons (Fsp3) is 0.200. The van der Waals surface area contributed by atoms with Crippen molar-refractivity contribution in [3.05, 3.63) is 89.7 Å². The van der Waals surface area contributed by atoms with Crippen LogP contribution in [0.15, 0.2) is 72.8 Å². The lowest BCUT2D eigenvalue weighted by Crippen LogP contribution is -2.34. The highest BCUT2D eigenvalue weighted by molar-refractivity contribution is 5.95. The average Bonchev–Trinajstić information content (AvgIpc) is 2.76. The Labute approximate surface area is 187 Å². The summed E-state index contributed by atoms with van der Waals surface area (Å²) in [5, 5.41) is 5.55. The van der Waals surface area contributed by atoms with E-state index in [1.807, 2.05) is 42.3 Å². The van der Waals surface area contributed by atoms with E-state index in [9.17, 15) is 14.0 Å². The molecule has 166 valence electrons. The van der Waals surface area contributed by atoms with Gasteiger partial charge in [0.25, 0.3) is 0 Å². The van der Waals surface area contributed by atoms with Gasteiger partial charge in [-0.3, -0.25) is 14.5 Å². The lowest BCUT2D eigenvalue weighted by atomic mass is 9.97. The predicted molar refractivity (Wildman–Crippen MR) is 123 cm³/mol. The summed E-state index contributed by atoms with van der Waals surface area (Å²) in [6, 6.07) is 20.8. The smallest absolute Gasteiger partial charge is 0.238 e. The minimum absolute atomic E-state index is 0.0739. The van der Waals surface area contributed by atoms with Crippen molar-refractivity contribution in [3.8, 4) is 5.75 Å². The Kier molecular flexibility index (Phi) is 7.57. The molecule has 0 fully saturated rings. The molecule has 0 bridgehead atoms. The molecule has 0 aliphatic heterocycles. The van der Waals surface area contributed by atoms with Crippen LogP contribution in [-0.2, 0) is 9.59 Å². The Morgan fingerprint density at radius 3 is 2.25 bits per heavy atom. The molecule has 3 aromatic carbocycles. The Morgan fingerprint density at radius 1 is 0.969 bits per heavy atom. The molecule has 7 heteroatoms. The molecule has 2 amide bonds. The molecule has 0 radical (unpaired) electrons. The Bertz CT molecular complexity index is 1070. The lowest BCUT2D eigenvalue weighted by Gasteiger charge is -2.28. The first kappa shape index (κ1) is 23.0. The second kappa shape index (κ2) is 10.5. The fourth-order valence-electron chi connectivity index (χ4n) is 3.58. The van der Waals surface area contributed by atoms with E-state index in [0.717, 1.165) is 11.1 Å². The number of methoxy groups -OCH3 is 1. The maximum absolute atomic E-state index is 13.5. The summed E-state index contributed by atoms with van der Waals surface area (Å²) in [7, 11) is 3.35. The van der Waals surface area contributed by atoms with E-state index in [1.165, 1.54) is 26.2 Å². The van der Waals surface area contributed by atoms with Crippen molar-refractivity contribution in [1.29, 1.82) is 0 Å². The molecule has 0 spiro atoms. The van der Waals surface area contributed by atoms with Gasteiger partial charge in [-0.25, -0.2) is 4.39 Å². The molecule has 1 atom stereocenters. The molecule has 2 N–H and O–H groups in total. The van der Waals surface area contributed by atoms with Crippen molar-refractivity contribution in [1.82, 2.24) is 4.90 Å². The van der Waals surface area contributed by atoms with Crippen LogP contribution in [0.1, 0.15) is 24.1 Å². The summed E-state index contributed by atoms with van der Waals surface area (Å²) in [4.78, 5) is 26.1. The van der Waals surface area contributed by atoms with E-state index in [0.29, 0.717) is 17.1 Å². The average molecular weight is 435 g/mol. The van der Waals surface area contributed by atoms with E-state index in [4.69, 9.17) is 4.74 Å². The highest BCUT2D eigenvalue weighted by atomic mass is 19.1. The van der Waals surface area contributed by atoms with E-state index in [2.05, 4.69) is 10.6 Å². The number of anilines is 2. The number of benzene rings is 3. The van der Waals surface area contributed by atoms with Gasteiger partial charge in [-0.15, -0.1) is 0 Å². The molecule has 3 aromatic rings. The van der Waals surface area contributed by atoms with Gasteiger partial charge < -0.3 is 15.4 Å². The summed E-state index contributed by atoms with van der Waals surface area (Å²) in [6.07, 6.45) is 0. The van der Waals surface area contributed by atoms with Gasteiger partial charge >= 0.3 is 0 Å². The van der Waals surface area contributed by atoms with Gasteiger partial charge in [-0.1, -0.05) is 42.5 Å². The zero-order chi connectivity index (χ0) is 23.1. The molecule has 32 heavy (non-hydrogen) atoms. The van der Waals surface area contributed by atoms with Crippen LogP contribution in [0.5, 0.6) is 5.75 Å². The van der Waals surface area contributed by atoms with Crippen molar-refractivity contribution in [2.75, 3.05) is 31.3 Å². The number of carbonyl (C=O) groups is 2. The summed E-state index contributed by atoms with van der Waals surface area (Å²) >= 11 is 0. The molecule has 0 heterocycles. The van der Waals surface area contributed by atoms with E-state index < -0.39 is 0 Å². The van der Waals surface area contributed by atoms with Gasteiger partial charge in [-0.05, 0) is 48.5 Å². The van der Waals surface area contributed by atoms with E-state index in [-0.39, 0.29) is 30.2 Å². The first-order chi connectivity index (χ1) is 15.4.